The lowest BCUT2D eigenvalue weighted by atomic mass is 10.1. The Balaban J connectivity index is 2.43. The van der Waals surface area contributed by atoms with Crippen molar-refractivity contribution in [3.8, 4) is 0 Å². The van der Waals surface area contributed by atoms with Crippen LogP contribution in [0.5, 0.6) is 0 Å². The largest absolute Gasteiger partial charge is 0.329 e. The summed E-state index contributed by atoms with van der Waals surface area (Å²) in [6.07, 6.45) is 1.14. The van der Waals surface area contributed by atoms with Gasteiger partial charge in [0.2, 0.25) is 0 Å². The SMILES string of the molecule is CCN(CCN)C(C)Cc1ccsc1. The van der Waals surface area contributed by atoms with Crippen LogP contribution in [0.3, 0.4) is 0 Å². The van der Waals surface area contributed by atoms with Gasteiger partial charge in [0.15, 0.2) is 0 Å². The average Bonchev–Trinajstić information content (AvgIpc) is 2.66. The summed E-state index contributed by atoms with van der Waals surface area (Å²) < 4.78 is 0. The molecule has 14 heavy (non-hydrogen) atoms. The van der Waals surface area contributed by atoms with E-state index >= 15 is 0 Å². The van der Waals surface area contributed by atoms with Crippen molar-refractivity contribution in [3.63, 3.8) is 0 Å². The van der Waals surface area contributed by atoms with E-state index in [2.05, 4.69) is 35.6 Å². The summed E-state index contributed by atoms with van der Waals surface area (Å²) >= 11 is 1.77. The van der Waals surface area contributed by atoms with E-state index in [1.165, 1.54) is 5.56 Å². The molecular formula is C11H20N2S. The van der Waals surface area contributed by atoms with Crippen LogP contribution < -0.4 is 5.73 Å². The molecule has 0 aliphatic rings. The molecule has 1 aromatic heterocycles. The fraction of sp³-hybridized carbons (Fsp3) is 0.636. The van der Waals surface area contributed by atoms with Crippen molar-refractivity contribution < 1.29 is 0 Å². The van der Waals surface area contributed by atoms with Crippen LogP contribution in [-0.2, 0) is 6.42 Å². The maximum absolute atomic E-state index is 5.58. The zero-order valence-electron chi connectivity index (χ0n) is 9.07. The second-order valence-corrected chi connectivity index (χ2v) is 4.38. The maximum Gasteiger partial charge on any atom is 0.0108 e. The molecule has 0 saturated heterocycles. The van der Waals surface area contributed by atoms with Crippen LogP contribution in [0.1, 0.15) is 19.4 Å². The zero-order chi connectivity index (χ0) is 10.4. The van der Waals surface area contributed by atoms with Gasteiger partial charge >= 0.3 is 0 Å². The van der Waals surface area contributed by atoms with Crippen molar-refractivity contribution in [1.82, 2.24) is 4.90 Å². The number of rotatable bonds is 6. The minimum absolute atomic E-state index is 0.596. The number of thiophene rings is 1. The highest BCUT2D eigenvalue weighted by molar-refractivity contribution is 7.07. The molecule has 0 spiro atoms. The van der Waals surface area contributed by atoms with Crippen LogP contribution in [0.2, 0.25) is 0 Å². The van der Waals surface area contributed by atoms with Crippen molar-refractivity contribution in [3.05, 3.63) is 22.4 Å². The fourth-order valence-electron chi connectivity index (χ4n) is 1.74. The van der Waals surface area contributed by atoms with Crippen molar-refractivity contribution in [1.29, 1.82) is 0 Å². The molecule has 1 heterocycles. The Morgan fingerprint density at radius 2 is 2.36 bits per heavy atom. The minimum Gasteiger partial charge on any atom is -0.329 e. The van der Waals surface area contributed by atoms with Gasteiger partial charge < -0.3 is 5.73 Å². The van der Waals surface area contributed by atoms with Gasteiger partial charge in [-0.1, -0.05) is 6.92 Å². The molecule has 2 nitrogen and oxygen atoms in total. The third-order valence-electron chi connectivity index (χ3n) is 2.56. The number of hydrogen-bond acceptors (Lipinski definition) is 3. The molecule has 1 aromatic rings. The summed E-state index contributed by atoms with van der Waals surface area (Å²) in [4.78, 5) is 2.43. The van der Waals surface area contributed by atoms with Crippen LogP contribution in [0, 0.1) is 0 Å². The molecule has 80 valence electrons. The normalized spacial score (nSPS) is 13.4. The van der Waals surface area contributed by atoms with Crippen LogP contribution in [-0.4, -0.2) is 30.6 Å². The van der Waals surface area contributed by atoms with E-state index in [9.17, 15) is 0 Å². The Morgan fingerprint density at radius 1 is 1.57 bits per heavy atom. The molecule has 1 unspecified atom stereocenters. The van der Waals surface area contributed by atoms with Crippen molar-refractivity contribution in [2.45, 2.75) is 26.3 Å². The molecule has 0 bridgehead atoms. The predicted octanol–water partition coefficient (Wildman–Crippen LogP) is 1.96. The lowest BCUT2D eigenvalue weighted by molar-refractivity contribution is 0.225. The van der Waals surface area contributed by atoms with Gasteiger partial charge in [-0.3, -0.25) is 4.90 Å². The van der Waals surface area contributed by atoms with Gasteiger partial charge in [-0.25, -0.2) is 0 Å². The Morgan fingerprint density at radius 3 is 2.86 bits per heavy atom. The lowest BCUT2D eigenvalue weighted by Gasteiger charge is -2.26. The Hall–Kier alpha value is -0.380. The molecule has 0 aromatic carbocycles. The summed E-state index contributed by atoms with van der Waals surface area (Å²) in [7, 11) is 0. The van der Waals surface area contributed by atoms with Gasteiger partial charge in [0.05, 0.1) is 0 Å². The van der Waals surface area contributed by atoms with Crippen molar-refractivity contribution in [2.24, 2.45) is 5.73 Å². The summed E-state index contributed by atoms with van der Waals surface area (Å²) in [5.74, 6) is 0. The molecule has 1 rings (SSSR count). The maximum atomic E-state index is 5.58. The highest BCUT2D eigenvalue weighted by atomic mass is 32.1. The number of likely N-dealkylation sites (N-methyl/N-ethyl adjacent to an activating group) is 1. The number of nitrogens with two attached hydrogens (primary N) is 1. The standard InChI is InChI=1S/C11H20N2S/c1-3-13(6-5-12)10(2)8-11-4-7-14-9-11/h4,7,9-10H,3,5-6,8,12H2,1-2H3. The third-order valence-corrected chi connectivity index (χ3v) is 3.29. The van der Waals surface area contributed by atoms with Crippen LogP contribution >= 0.6 is 11.3 Å². The smallest absolute Gasteiger partial charge is 0.0108 e. The summed E-state index contributed by atoms with van der Waals surface area (Å²) in [5.41, 5.74) is 7.02. The Bertz CT molecular complexity index is 233. The van der Waals surface area contributed by atoms with Gasteiger partial charge in [0.25, 0.3) is 0 Å². The van der Waals surface area contributed by atoms with E-state index in [0.29, 0.717) is 6.04 Å². The molecular weight excluding hydrogens is 192 g/mol. The van der Waals surface area contributed by atoms with Crippen LogP contribution in [0.15, 0.2) is 16.8 Å². The highest BCUT2D eigenvalue weighted by Gasteiger charge is 2.11. The van der Waals surface area contributed by atoms with E-state index in [1.54, 1.807) is 11.3 Å². The van der Waals surface area contributed by atoms with Gasteiger partial charge in [0, 0.05) is 19.1 Å². The first-order valence-electron chi connectivity index (χ1n) is 5.23. The highest BCUT2D eigenvalue weighted by Crippen LogP contribution is 2.11. The molecule has 0 aliphatic heterocycles. The minimum atomic E-state index is 0.596. The first-order chi connectivity index (χ1) is 6.77. The number of nitrogens with zero attached hydrogens (tertiary/aromatic N) is 1. The summed E-state index contributed by atoms with van der Waals surface area (Å²) in [6, 6.07) is 2.80. The Labute approximate surface area is 90.7 Å². The van der Waals surface area contributed by atoms with Crippen LogP contribution in [0.25, 0.3) is 0 Å². The average molecular weight is 212 g/mol. The van der Waals surface area contributed by atoms with E-state index in [4.69, 9.17) is 5.73 Å². The molecule has 3 heteroatoms. The van der Waals surface area contributed by atoms with Gasteiger partial charge in [-0.2, -0.15) is 11.3 Å². The van der Waals surface area contributed by atoms with E-state index in [1.807, 2.05) is 0 Å². The van der Waals surface area contributed by atoms with E-state index < -0.39 is 0 Å². The zero-order valence-corrected chi connectivity index (χ0v) is 9.89. The molecule has 0 saturated carbocycles. The molecule has 0 amide bonds. The van der Waals surface area contributed by atoms with Gasteiger partial charge in [-0.15, -0.1) is 0 Å². The molecule has 0 aliphatic carbocycles. The van der Waals surface area contributed by atoms with Crippen molar-refractivity contribution in [2.75, 3.05) is 19.6 Å². The summed E-state index contributed by atoms with van der Waals surface area (Å²) in [6.45, 7) is 7.31. The first kappa shape index (κ1) is 11.7. The monoisotopic (exact) mass is 212 g/mol. The molecule has 0 radical (unpaired) electrons. The first-order valence-corrected chi connectivity index (χ1v) is 6.17. The second-order valence-electron chi connectivity index (χ2n) is 3.60. The third kappa shape index (κ3) is 3.40. The second kappa shape index (κ2) is 6.17. The Kier molecular flexibility index (Phi) is 5.15. The van der Waals surface area contributed by atoms with Crippen molar-refractivity contribution >= 4 is 11.3 Å². The predicted molar refractivity (Wildman–Crippen MR) is 63.8 cm³/mol. The fourth-order valence-corrected chi connectivity index (χ4v) is 2.42. The van der Waals surface area contributed by atoms with Gasteiger partial charge in [0.1, 0.15) is 0 Å². The number of hydrogen-bond donors (Lipinski definition) is 1. The van der Waals surface area contributed by atoms with Gasteiger partial charge in [-0.05, 0) is 42.3 Å². The quantitative estimate of drug-likeness (QED) is 0.781. The summed E-state index contributed by atoms with van der Waals surface area (Å²) in [5, 5.41) is 4.37. The van der Waals surface area contributed by atoms with E-state index in [-0.39, 0.29) is 0 Å². The van der Waals surface area contributed by atoms with Crippen LogP contribution in [0.4, 0.5) is 0 Å². The molecule has 0 fully saturated rings. The van der Waals surface area contributed by atoms with E-state index in [0.717, 1.165) is 26.1 Å². The molecule has 1 atom stereocenters. The lowest BCUT2D eigenvalue weighted by Crippen LogP contribution is -2.38. The topological polar surface area (TPSA) is 29.3 Å². The molecule has 2 N–H and O–H groups in total.